The molecule has 3 rings (SSSR count). The van der Waals surface area contributed by atoms with Gasteiger partial charge in [0.25, 0.3) is 5.91 Å². The Morgan fingerprint density at radius 2 is 1.78 bits per heavy atom. The van der Waals surface area contributed by atoms with Gasteiger partial charge < -0.3 is 20.7 Å². The third-order valence-corrected chi connectivity index (χ3v) is 6.74. The van der Waals surface area contributed by atoms with Gasteiger partial charge in [0.2, 0.25) is 5.91 Å². The number of unbranched alkanes of at least 4 members (excludes halogenated alkanes) is 3. The van der Waals surface area contributed by atoms with Gasteiger partial charge in [0.05, 0.1) is 18.7 Å². The molecule has 2 aromatic rings. The molecule has 1 aliphatic rings. The van der Waals surface area contributed by atoms with E-state index >= 15 is 0 Å². The van der Waals surface area contributed by atoms with Gasteiger partial charge in [-0.25, -0.2) is 4.79 Å². The minimum absolute atomic E-state index is 0.0477. The van der Waals surface area contributed by atoms with Crippen molar-refractivity contribution < 1.29 is 19.1 Å². The number of hydrogen-bond acceptors (Lipinski definition) is 5. The van der Waals surface area contributed by atoms with Crippen LogP contribution in [0, 0.1) is 6.92 Å². The first-order chi connectivity index (χ1) is 17.8. The summed E-state index contributed by atoms with van der Waals surface area (Å²) >= 11 is 0. The van der Waals surface area contributed by atoms with Crippen LogP contribution >= 0.6 is 0 Å². The van der Waals surface area contributed by atoms with Crippen molar-refractivity contribution in [3.05, 3.63) is 82.1 Å². The zero-order chi connectivity index (χ0) is 26.8. The number of nitrogens with two attached hydrogens (primary N) is 1. The van der Waals surface area contributed by atoms with E-state index in [1.165, 1.54) is 0 Å². The summed E-state index contributed by atoms with van der Waals surface area (Å²) in [6.07, 6.45) is 4.26. The number of aryl methyl sites for hydroxylation is 1. The average molecular weight is 506 g/mol. The van der Waals surface area contributed by atoms with Crippen molar-refractivity contribution in [2.24, 2.45) is 5.73 Å². The Labute approximate surface area is 220 Å². The van der Waals surface area contributed by atoms with Crippen LogP contribution < -0.4 is 11.1 Å². The Bertz CT molecular complexity index is 1120. The molecule has 0 bridgehead atoms. The van der Waals surface area contributed by atoms with E-state index in [-0.39, 0.29) is 36.7 Å². The van der Waals surface area contributed by atoms with Crippen LogP contribution in [0.25, 0.3) is 0 Å². The summed E-state index contributed by atoms with van der Waals surface area (Å²) in [5.74, 6) is -0.891. The highest BCUT2D eigenvalue weighted by atomic mass is 16.5. The number of ether oxygens (including phenoxy) is 1. The third-order valence-electron chi connectivity index (χ3n) is 6.74. The molecule has 2 amide bonds. The van der Waals surface area contributed by atoms with E-state index in [1.807, 2.05) is 50.2 Å². The van der Waals surface area contributed by atoms with Crippen LogP contribution in [0.5, 0.6) is 0 Å². The van der Waals surface area contributed by atoms with E-state index in [9.17, 15) is 14.4 Å². The molecule has 2 aromatic carbocycles. The van der Waals surface area contributed by atoms with Gasteiger partial charge in [-0.05, 0) is 63.4 Å². The van der Waals surface area contributed by atoms with Crippen LogP contribution in [0.4, 0.5) is 0 Å². The van der Waals surface area contributed by atoms with Gasteiger partial charge >= 0.3 is 5.97 Å². The molecule has 0 spiro atoms. The van der Waals surface area contributed by atoms with Crippen molar-refractivity contribution in [1.82, 2.24) is 10.2 Å². The number of allylic oxidation sites excluding steroid dienone is 1. The monoisotopic (exact) mass is 505 g/mol. The summed E-state index contributed by atoms with van der Waals surface area (Å²) in [6, 6.07) is 15.2. The van der Waals surface area contributed by atoms with E-state index in [0.29, 0.717) is 36.5 Å². The van der Waals surface area contributed by atoms with Gasteiger partial charge in [-0.2, -0.15) is 0 Å². The molecule has 0 saturated heterocycles. The van der Waals surface area contributed by atoms with Crippen molar-refractivity contribution in [1.29, 1.82) is 0 Å². The molecule has 0 saturated carbocycles. The average Bonchev–Trinajstić information content (AvgIpc) is 2.88. The number of benzene rings is 2. The van der Waals surface area contributed by atoms with Crippen LogP contribution in [0.2, 0.25) is 0 Å². The molecule has 0 aliphatic carbocycles. The molecule has 37 heavy (non-hydrogen) atoms. The number of hydrogen-bond donors (Lipinski definition) is 2. The van der Waals surface area contributed by atoms with E-state index < -0.39 is 0 Å². The fraction of sp³-hybridized carbons (Fsp3) is 0.433. The number of carbonyl (C=O) groups is 3. The van der Waals surface area contributed by atoms with Crippen LogP contribution in [-0.2, 0) is 20.9 Å². The first-order valence-electron chi connectivity index (χ1n) is 13.2. The smallest absolute Gasteiger partial charge is 0.336 e. The first kappa shape index (κ1) is 28.1. The Kier molecular flexibility index (Phi) is 10.4. The van der Waals surface area contributed by atoms with Crippen molar-refractivity contribution in [2.45, 2.75) is 65.3 Å². The molecule has 7 nitrogen and oxygen atoms in total. The summed E-state index contributed by atoms with van der Waals surface area (Å²) in [7, 11) is 0. The number of esters is 1. The van der Waals surface area contributed by atoms with Crippen molar-refractivity contribution >= 4 is 17.8 Å². The second-order valence-electron chi connectivity index (χ2n) is 9.53. The molecule has 0 fully saturated rings. The lowest BCUT2D eigenvalue weighted by molar-refractivity contribution is -0.140. The predicted molar refractivity (Wildman–Crippen MR) is 145 cm³/mol. The summed E-state index contributed by atoms with van der Waals surface area (Å²) < 4.78 is 5.38. The first-order valence-corrected chi connectivity index (χ1v) is 13.2. The molecular weight excluding hydrogens is 466 g/mol. The number of nitrogens with one attached hydrogen (secondary N) is 1. The lowest BCUT2D eigenvalue weighted by Gasteiger charge is -2.34. The maximum atomic E-state index is 13.3. The highest BCUT2D eigenvalue weighted by Crippen LogP contribution is 2.38. The van der Waals surface area contributed by atoms with Gasteiger partial charge in [0, 0.05) is 30.1 Å². The second kappa shape index (κ2) is 13.7. The summed E-state index contributed by atoms with van der Waals surface area (Å²) in [6.45, 7) is 7.50. The Balaban J connectivity index is 1.73. The lowest BCUT2D eigenvalue weighted by Crippen LogP contribution is -2.38. The van der Waals surface area contributed by atoms with E-state index in [0.717, 1.165) is 42.4 Å². The van der Waals surface area contributed by atoms with Gasteiger partial charge in [-0.3, -0.25) is 9.59 Å². The number of rotatable bonds is 12. The minimum atomic E-state index is -0.390. The molecular formula is C30H39N3O4. The molecule has 198 valence electrons. The van der Waals surface area contributed by atoms with Gasteiger partial charge in [-0.15, -0.1) is 0 Å². The fourth-order valence-electron chi connectivity index (χ4n) is 4.72. The van der Waals surface area contributed by atoms with E-state index in [4.69, 9.17) is 10.5 Å². The largest absolute Gasteiger partial charge is 0.463 e. The van der Waals surface area contributed by atoms with E-state index in [2.05, 4.69) is 5.32 Å². The Morgan fingerprint density at radius 3 is 2.46 bits per heavy atom. The Hall–Kier alpha value is -3.45. The van der Waals surface area contributed by atoms with Crippen LogP contribution in [0.3, 0.4) is 0 Å². The Morgan fingerprint density at radius 1 is 1.05 bits per heavy atom. The normalized spacial score (nSPS) is 15.6. The number of nitrogens with zero attached hydrogens (tertiary/aromatic N) is 1. The molecule has 0 radical (unpaired) electrons. The summed E-state index contributed by atoms with van der Waals surface area (Å²) in [5, 5.41) is 2.95. The third kappa shape index (κ3) is 7.52. The van der Waals surface area contributed by atoms with Crippen molar-refractivity contribution in [2.75, 3.05) is 19.7 Å². The number of amides is 2. The highest BCUT2D eigenvalue weighted by Gasteiger charge is 2.36. The van der Waals surface area contributed by atoms with Crippen LogP contribution in [0.1, 0.15) is 78.9 Å². The van der Waals surface area contributed by atoms with Crippen LogP contribution in [-0.4, -0.2) is 42.4 Å². The molecule has 7 heteroatoms. The highest BCUT2D eigenvalue weighted by molar-refractivity contribution is 5.96. The van der Waals surface area contributed by atoms with Gasteiger partial charge in [-0.1, -0.05) is 54.8 Å². The molecule has 1 heterocycles. The maximum Gasteiger partial charge on any atom is 0.336 e. The second-order valence-corrected chi connectivity index (χ2v) is 9.53. The van der Waals surface area contributed by atoms with Crippen molar-refractivity contribution in [3.8, 4) is 0 Å². The lowest BCUT2D eigenvalue weighted by atomic mass is 9.83. The molecule has 0 aromatic heterocycles. The van der Waals surface area contributed by atoms with E-state index in [1.54, 1.807) is 24.0 Å². The zero-order valence-corrected chi connectivity index (χ0v) is 22.2. The van der Waals surface area contributed by atoms with Crippen LogP contribution in [0.15, 0.2) is 59.8 Å². The minimum Gasteiger partial charge on any atom is -0.463 e. The predicted octanol–water partition coefficient (Wildman–Crippen LogP) is 4.60. The molecule has 3 N–H and O–H groups in total. The quantitative estimate of drug-likeness (QED) is 0.324. The fourth-order valence-corrected chi connectivity index (χ4v) is 4.72. The zero-order valence-electron chi connectivity index (χ0n) is 22.2. The standard InChI is InChI=1S/C30H39N3O4/c1-4-37-30(36)28-22(3)33(27(34)19-26(28)25-11-9-10-21(2)18-25)20-23-12-14-24(15-13-23)29(35)32-17-8-6-5-7-16-31/h9-15,18,26H,4-8,16-17,19-20,31H2,1-3H3,(H,32,35). The van der Waals surface area contributed by atoms with Gasteiger partial charge in [0.1, 0.15) is 0 Å². The maximum absolute atomic E-state index is 13.3. The summed E-state index contributed by atoms with van der Waals surface area (Å²) in [5.41, 5.74) is 10.1. The van der Waals surface area contributed by atoms with Gasteiger partial charge in [0.15, 0.2) is 0 Å². The molecule has 1 atom stereocenters. The molecule has 1 unspecified atom stereocenters. The molecule has 1 aliphatic heterocycles. The summed E-state index contributed by atoms with van der Waals surface area (Å²) in [4.78, 5) is 40.4. The topological polar surface area (TPSA) is 102 Å². The SMILES string of the molecule is CCOC(=O)C1=C(C)N(Cc2ccc(C(=O)NCCCCCCN)cc2)C(=O)CC1c1cccc(C)c1. The van der Waals surface area contributed by atoms with Crippen molar-refractivity contribution in [3.63, 3.8) is 0 Å². The number of carbonyl (C=O) groups excluding carboxylic acids is 3.